The number of morpholine rings is 1. The number of rotatable bonds is 4. The van der Waals surface area contributed by atoms with Gasteiger partial charge in [-0.3, -0.25) is 0 Å². The van der Waals surface area contributed by atoms with Gasteiger partial charge in [0, 0.05) is 19.3 Å². The molecule has 128 valence electrons. The van der Waals surface area contributed by atoms with Crippen LogP contribution < -0.4 is 5.32 Å². The van der Waals surface area contributed by atoms with Crippen LogP contribution in [-0.4, -0.2) is 50.9 Å². The molecule has 1 fully saturated rings. The normalized spacial score (nSPS) is 22.0. The van der Waals surface area contributed by atoms with Crippen LogP contribution in [0.3, 0.4) is 0 Å². The van der Waals surface area contributed by atoms with Gasteiger partial charge in [-0.1, -0.05) is 24.3 Å². The number of carbonyl (C=O) groups excluding carboxylic acids is 1. The van der Waals surface area contributed by atoms with Crippen LogP contribution in [0.2, 0.25) is 0 Å². The third-order valence-electron chi connectivity index (χ3n) is 3.83. The summed E-state index contributed by atoms with van der Waals surface area (Å²) in [5, 5.41) is 2.88. The Kier molecular flexibility index (Phi) is 5.64. The zero-order chi connectivity index (χ0) is 17.0. The molecule has 0 bridgehead atoms. The van der Waals surface area contributed by atoms with E-state index in [9.17, 15) is 13.2 Å². The minimum atomic E-state index is -3.11. The topological polar surface area (TPSA) is 75.7 Å². The highest BCUT2D eigenvalue weighted by molar-refractivity contribution is 7.89. The molecule has 0 unspecified atom stereocenters. The summed E-state index contributed by atoms with van der Waals surface area (Å²) in [5.41, 5.74) is 1.54. The van der Waals surface area contributed by atoms with E-state index >= 15 is 0 Å². The molecule has 23 heavy (non-hydrogen) atoms. The lowest BCUT2D eigenvalue weighted by Gasteiger charge is -2.36. The Hall–Kier alpha value is -1.60. The Morgan fingerprint density at radius 2 is 1.96 bits per heavy atom. The summed E-state index contributed by atoms with van der Waals surface area (Å²) in [4.78, 5) is 14.1. The number of carbonyl (C=O) groups is 1. The van der Waals surface area contributed by atoms with Crippen molar-refractivity contribution in [1.29, 1.82) is 0 Å². The van der Waals surface area contributed by atoms with Gasteiger partial charge in [0.1, 0.15) is 0 Å². The van der Waals surface area contributed by atoms with Crippen molar-refractivity contribution in [3.05, 3.63) is 35.4 Å². The Morgan fingerprint density at radius 3 is 2.61 bits per heavy atom. The molecule has 2 rings (SSSR count). The molecule has 1 heterocycles. The molecule has 1 aliphatic heterocycles. The molecule has 2 atom stereocenters. The summed E-state index contributed by atoms with van der Waals surface area (Å²) >= 11 is 0. The molecule has 0 aromatic heterocycles. The zero-order valence-electron chi connectivity index (χ0n) is 13.8. The predicted molar refractivity (Wildman–Crippen MR) is 88.8 cm³/mol. The molecule has 0 radical (unpaired) electrons. The average Bonchev–Trinajstić information content (AvgIpc) is 2.47. The van der Waals surface area contributed by atoms with E-state index in [0.29, 0.717) is 19.7 Å². The molecule has 1 N–H and O–H groups in total. The quantitative estimate of drug-likeness (QED) is 0.902. The molecule has 1 aromatic rings. The monoisotopic (exact) mass is 340 g/mol. The van der Waals surface area contributed by atoms with Gasteiger partial charge in [-0.15, -0.1) is 0 Å². The second-order valence-corrected chi connectivity index (χ2v) is 8.28. The summed E-state index contributed by atoms with van der Waals surface area (Å²) in [7, 11) is -3.11. The molecular formula is C16H24N2O4S. The second-order valence-electron chi connectivity index (χ2n) is 6.14. The van der Waals surface area contributed by atoms with E-state index in [1.807, 2.05) is 26.0 Å². The standard InChI is InChI=1S/C16H24N2O4S/c1-12-10-22-13(2)9-18(12)16(19)17-8-14-6-4-5-7-15(14)11-23(3,20)21/h4-7,12-13H,8-11H2,1-3H3,(H,17,19)/t12-,13-/m1/s1. The number of nitrogens with zero attached hydrogens (tertiary/aromatic N) is 1. The van der Waals surface area contributed by atoms with Crippen molar-refractivity contribution >= 4 is 15.9 Å². The number of ether oxygens (including phenoxy) is 1. The third-order valence-corrected chi connectivity index (χ3v) is 4.67. The molecule has 6 nitrogen and oxygen atoms in total. The van der Waals surface area contributed by atoms with Crippen molar-refractivity contribution in [2.24, 2.45) is 0 Å². The summed E-state index contributed by atoms with van der Waals surface area (Å²) in [5.74, 6) is -0.0238. The maximum Gasteiger partial charge on any atom is 0.318 e. The third kappa shape index (κ3) is 5.21. The number of benzene rings is 1. The molecule has 7 heteroatoms. The molecule has 1 aliphatic rings. The van der Waals surface area contributed by atoms with Gasteiger partial charge in [0.25, 0.3) is 0 Å². The highest BCUT2D eigenvalue weighted by Gasteiger charge is 2.27. The van der Waals surface area contributed by atoms with Gasteiger partial charge in [-0.25, -0.2) is 13.2 Å². The van der Waals surface area contributed by atoms with Gasteiger partial charge >= 0.3 is 6.03 Å². The first-order valence-corrected chi connectivity index (χ1v) is 9.73. The van der Waals surface area contributed by atoms with E-state index in [0.717, 1.165) is 11.1 Å². The van der Waals surface area contributed by atoms with Crippen molar-refractivity contribution < 1.29 is 17.9 Å². The lowest BCUT2D eigenvalue weighted by molar-refractivity contribution is -0.0318. The van der Waals surface area contributed by atoms with E-state index in [-0.39, 0.29) is 23.9 Å². The molecule has 2 amide bonds. The van der Waals surface area contributed by atoms with Crippen molar-refractivity contribution in [1.82, 2.24) is 10.2 Å². The number of urea groups is 1. The summed E-state index contributed by atoms with van der Waals surface area (Å²) < 4.78 is 28.5. The smallest absolute Gasteiger partial charge is 0.318 e. The van der Waals surface area contributed by atoms with E-state index in [2.05, 4.69) is 5.32 Å². The van der Waals surface area contributed by atoms with E-state index in [1.165, 1.54) is 6.26 Å². The Labute approximate surface area is 137 Å². The molecule has 0 saturated carbocycles. The molecule has 0 spiro atoms. The van der Waals surface area contributed by atoms with Gasteiger partial charge in [-0.2, -0.15) is 0 Å². The van der Waals surface area contributed by atoms with Crippen LogP contribution in [0, 0.1) is 0 Å². The fourth-order valence-electron chi connectivity index (χ4n) is 2.61. The van der Waals surface area contributed by atoms with Crippen molar-refractivity contribution in [2.75, 3.05) is 19.4 Å². The molecule has 1 aromatic carbocycles. The maximum atomic E-state index is 12.4. The summed E-state index contributed by atoms with van der Waals surface area (Å²) in [6, 6.07) is 7.14. The van der Waals surface area contributed by atoms with Crippen LogP contribution in [0.1, 0.15) is 25.0 Å². The summed E-state index contributed by atoms with van der Waals surface area (Å²) in [6.45, 7) is 5.27. The fourth-order valence-corrected chi connectivity index (χ4v) is 3.46. The lowest BCUT2D eigenvalue weighted by Crippen LogP contribution is -2.53. The lowest BCUT2D eigenvalue weighted by atomic mass is 10.1. The molecule has 1 saturated heterocycles. The zero-order valence-corrected chi connectivity index (χ0v) is 14.6. The van der Waals surface area contributed by atoms with Crippen molar-refractivity contribution in [3.63, 3.8) is 0 Å². The van der Waals surface area contributed by atoms with E-state index in [4.69, 9.17) is 4.74 Å². The van der Waals surface area contributed by atoms with Crippen molar-refractivity contribution in [2.45, 2.75) is 38.3 Å². The van der Waals surface area contributed by atoms with Crippen molar-refractivity contribution in [3.8, 4) is 0 Å². The highest BCUT2D eigenvalue weighted by Crippen LogP contribution is 2.14. The number of hydrogen-bond acceptors (Lipinski definition) is 4. The maximum absolute atomic E-state index is 12.4. The number of amides is 2. The Morgan fingerprint density at radius 1 is 1.30 bits per heavy atom. The van der Waals surface area contributed by atoms with Gasteiger partial charge < -0.3 is 15.0 Å². The van der Waals surface area contributed by atoms with E-state index < -0.39 is 9.84 Å². The van der Waals surface area contributed by atoms with Crippen LogP contribution in [0.15, 0.2) is 24.3 Å². The summed E-state index contributed by atoms with van der Waals surface area (Å²) in [6.07, 6.45) is 1.23. The number of sulfone groups is 1. The average molecular weight is 340 g/mol. The second kappa shape index (κ2) is 7.31. The first-order chi connectivity index (χ1) is 10.8. The first-order valence-electron chi connectivity index (χ1n) is 7.67. The fraction of sp³-hybridized carbons (Fsp3) is 0.562. The van der Waals surface area contributed by atoms with Gasteiger partial charge in [-0.05, 0) is 25.0 Å². The van der Waals surface area contributed by atoms with E-state index in [1.54, 1.807) is 17.0 Å². The molecular weight excluding hydrogens is 316 g/mol. The predicted octanol–water partition coefficient (Wildman–Crippen LogP) is 1.55. The Balaban J connectivity index is 2.02. The van der Waals surface area contributed by atoms with Gasteiger partial charge in [0.15, 0.2) is 9.84 Å². The van der Waals surface area contributed by atoms with Gasteiger partial charge in [0.2, 0.25) is 0 Å². The largest absolute Gasteiger partial charge is 0.375 e. The molecule has 0 aliphatic carbocycles. The SMILES string of the molecule is C[C@@H]1CN(C(=O)NCc2ccccc2CS(C)(=O)=O)[C@H](C)CO1. The first kappa shape index (κ1) is 17.7. The Bertz CT molecular complexity index is 660. The minimum Gasteiger partial charge on any atom is -0.375 e. The highest BCUT2D eigenvalue weighted by atomic mass is 32.2. The number of nitrogens with one attached hydrogen (secondary N) is 1. The van der Waals surface area contributed by atoms with Crippen LogP contribution >= 0.6 is 0 Å². The minimum absolute atomic E-state index is 0.0227. The number of hydrogen-bond donors (Lipinski definition) is 1. The van der Waals surface area contributed by atoms with Crippen LogP contribution in [-0.2, 0) is 26.9 Å². The van der Waals surface area contributed by atoms with Crippen LogP contribution in [0.4, 0.5) is 4.79 Å². The van der Waals surface area contributed by atoms with Gasteiger partial charge in [0.05, 0.1) is 24.5 Å². The van der Waals surface area contributed by atoms with Crippen LogP contribution in [0.5, 0.6) is 0 Å². The van der Waals surface area contributed by atoms with Crippen LogP contribution in [0.25, 0.3) is 0 Å².